The van der Waals surface area contributed by atoms with Crippen LogP contribution in [-0.4, -0.2) is 20.1 Å². The van der Waals surface area contributed by atoms with E-state index < -0.39 is 0 Å². The van der Waals surface area contributed by atoms with Crippen molar-refractivity contribution in [3.63, 3.8) is 0 Å². The molecule has 122 valence electrons. The third-order valence-electron chi connectivity index (χ3n) is 3.42. The van der Waals surface area contributed by atoms with Crippen LogP contribution < -0.4 is 14.8 Å². The fourth-order valence-corrected chi connectivity index (χ4v) is 2.84. The Hall–Kier alpha value is -1.91. The van der Waals surface area contributed by atoms with Crippen molar-refractivity contribution in [2.45, 2.75) is 13.0 Å². The van der Waals surface area contributed by atoms with Crippen molar-refractivity contribution in [3.8, 4) is 11.5 Å². The number of halogens is 2. The van der Waals surface area contributed by atoms with E-state index in [1.807, 2.05) is 6.92 Å². The summed E-state index contributed by atoms with van der Waals surface area (Å²) < 4.78 is 10.5. The minimum Gasteiger partial charge on any atom is -0.493 e. The quantitative estimate of drug-likeness (QED) is 0.860. The van der Waals surface area contributed by atoms with E-state index in [9.17, 15) is 4.79 Å². The zero-order valence-corrected chi connectivity index (χ0v) is 14.5. The van der Waals surface area contributed by atoms with Gasteiger partial charge in [0, 0.05) is 10.0 Å². The molecular formula is C17H17Cl2NO3. The molecule has 2 aromatic rings. The average Bonchev–Trinajstić information content (AvgIpc) is 2.53. The molecule has 4 nitrogen and oxygen atoms in total. The molecule has 2 aromatic carbocycles. The zero-order valence-electron chi connectivity index (χ0n) is 13.0. The number of para-hydroxylation sites is 1. The maximum atomic E-state index is 12.5. The molecular weight excluding hydrogens is 337 g/mol. The van der Waals surface area contributed by atoms with Crippen LogP contribution in [0.25, 0.3) is 0 Å². The van der Waals surface area contributed by atoms with E-state index >= 15 is 0 Å². The van der Waals surface area contributed by atoms with Gasteiger partial charge in [-0.3, -0.25) is 4.79 Å². The first-order valence-corrected chi connectivity index (χ1v) is 7.70. The first-order chi connectivity index (χ1) is 11.0. The minimum atomic E-state index is -0.289. The normalized spacial score (nSPS) is 11.7. The molecule has 0 spiro atoms. The number of rotatable bonds is 5. The third kappa shape index (κ3) is 3.89. The summed E-state index contributed by atoms with van der Waals surface area (Å²) in [6.45, 7) is 1.85. The molecule has 0 heterocycles. The van der Waals surface area contributed by atoms with E-state index in [1.54, 1.807) is 36.4 Å². The summed E-state index contributed by atoms with van der Waals surface area (Å²) in [6.07, 6.45) is 0. The highest BCUT2D eigenvalue weighted by molar-refractivity contribution is 6.35. The van der Waals surface area contributed by atoms with Crippen molar-refractivity contribution in [2.75, 3.05) is 14.2 Å². The van der Waals surface area contributed by atoms with E-state index in [1.165, 1.54) is 14.2 Å². The van der Waals surface area contributed by atoms with Crippen LogP contribution in [0.1, 0.15) is 28.9 Å². The second-order valence-corrected chi connectivity index (χ2v) is 5.75. The van der Waals surface area contributed by atoms with Crippen molar-refractivity contribution in [1.29, 1.82) is 0 Å². The van der Waals surface area contributed by atoms with Crippen LogP contribution in [-0.2, 0) is 0 Å². The Morgan fingerprint density at radius 2 is 1.87 bits per heavy atom. The number of ether oxygens (including phenoxy) is 2. The van der Waals surface area contributed by atoms with E-state index in [2.05, 4.69) is 5.32 Å². The lowest BCUT2D eigenvalue weighted by atomic mass is 10.1. The number of hydrogen-bond donors (Lipinski definition) is 1. The van der Waals surface area contributed by atoms with Gasteiger partial charge in [-0.1, -0.05) is 35.3 Å². The summed E-state index contributed by atoms with van der Waals surface area (Å²) in [5.41, 5.74) is 1.18. The second kappa shape index (κ2) is 7.57. The number of methoxy groups -OCH3 is 2. The van der Waals surface area contributed by atoms with Gasteiger partial charge in [0.2, 0.25) is 0 Å². The zero-order chi connectivity index (χ0) is 17.0. The number of benzene rings is 2. The third-order valence-corrected chi connectivity index (χ3v) is 3.99. The van der Waals surface area contributed by atoms with Crippen LogP contribution in [0.15, 0.2) is 36.4 Å². The summed E-state index contributed by atoms with van der Waals surface area (Å²) in [5, 5.41) is 3.95. The maximum absolute atomic E-state index is 12.5. The van der Waals surface area contributed by atoms with Crippen molar-refractivity contribution in [2.24, 2.45) is 0 Å². The molecule has 0 unspecified atom stereocenters. The molecule has 0 bridgehead atoms. The molecule has 0 saturated carbocycles. The molecule has 2 rings (SSSR count). The molecule has 1 atom stereocenters. The van der Waals surface area contributed by atoms with Crippen molar-refractivity contribution in [1.82, 2.24) is 5.32 Å². The van der Waals surface area contributed by atoms with E-state index in [0.717, 1.165) is 5.56 Å². The molecule has 0 radical (unpaired) electrons. The lowest BCUT2D eigenvalue weighted by Crippen LogP contribution is -2.27. The Kier molecular flexibility index (Phi) is 5.74. The van der Waals surface area contributed by atoms with Gasteiger partial charge >= 0.3 is 0 Å². The first-order valence-electron chi connectivity index (χ1n) is 6.94. The van der Waals surface area contributed by atoms with Crippen LogP contribution in [0, 0.1) is 0 Å². The molecule has 0 aliphatic carbocycles. The van der Waals surface area contributed by atoms with Crippen LogP contribution in [0.4, 0.5) is 0 Å². The molecule has 0 aromatic heterocycles. The van der Waals surface area contributed by atoms with Crippen LogP contribution in [0.5, 0.6) is 11.5 Å². The molecule has 1 N–H and O–H groups in total. The Morgan fingerprint density at radius 3 is 2.48 bits per heavy atom. The largest absolute Gasteiger partial charge is 0.493 e. The van der Waals surface area contributed by atoms with E-state index in [4.69, 9.17) is 32.7 Å². The van der Waals surface area contributed by atoms with Crippen molar-refractivity contribution in [3.05, 3.63) is 57.6 Å². The Morgan fingerprint density at radius 1 is 1.13 bits per heavy atom. The number of hydrogen-bond acceptors (Lipinski definition) is 3. The standard InChI is InChI=1S/C17H17Cl2NO3/c1-10(12-8-7-11(18)9-14(12)19)20-17(21)13-5-4-6-15(22-2)16(13)23-3/h4-10H,1-3H3,(H,20,21)/t10-/m1/s1. The van der Waals surface area contributed by atoms with Gasteiger partial charge in [0.1, 0.15) is 0 Å². The van der Waals surface area contributed by atoms with Crippen molar-refractivity contribution < 1.29 is 14.3 Å². The first kappa shape index (κ1) is 17.4. The molecule has 0 fully saturated rings. The molecule has 0 aliphatic rings. The van der Waals surface area contributed by atoms with Gasteiger partial charge in [-0.25, -0.2) is 0 Å². The molecule has 0 saturated heterocycles. The molecule has 6 heteroatoms. The highest BCUT2D eigenvalue weighted by Crippen LogP contribution is 2.31. The Labute approximate surface area is 145 Å². The van der Waals surface area contributed by atoms with Gasteiger partial charge in [-0.05, 0) is 36.8 Å². The lowest BCUT2D eigenvalue weighted by molar-refractivity contribution is 0.0936. The maximum Gasteiger partial charge on any atom is 0.255 e. The summed E-state index contributed by atoms with van der Waals surface area (Å²) in [6, 6.07) is 10.0. The molecule has 23 heavy (non-hydrogen) atoms. The lowest BCUT2D eigenvalue weighted by Gasteiger charge is -2.18. The van der Waals surface area contributed by atoms with Gasteiger partial charge in [-0.2, -0.15) is 0 Å². The summed E-state index contributed by atoms with van der Waals surface area (Å²) in [7, 11) is 3.02. The molecule has 1 amide bonds. The van der Waals surface area contributed by atoms with E-state index in [-0.39, 0.29) is 11.9 Å². The Bertz CT molecular complexity index is 719. The summed E-state index contributed by atoms with van der Waals surface area (Å²) in [5.74, 6) is 0.610. The highest BCUT2D eigenvalue weighted by Gasteiger charge is 2.19. The fraction of sp³-hybridized carbons (Fsp3) is 0.235. The van der Waals surface area contributed by atoms with E-state index in [0.29, 0.717) is 27.1 Å². The number of carbonyl (C=O) groups excluding carboxylic acids is 1. The van der Waals surface area contributed by atoms with Crippen LogP contribution in [0.2, 0.25) is 10.0 Å². The number of nitrogens with one attached hydrogen (secondary N) is 1. The van der Waals surface area contributed by atoms with Gasteiger partial charge in [-0.15, -0.1) is 0 Å². The fourth-order valence-electron chi connectivity index (χ4n) is 2.27. The van der Waals surface area contributed by atoms with Crippen LogP contribution in [0.3, 0.4) is 0 Å². The highest BCUT2D eigenvalue weighted by atomic mass is 35.5. The van der Waals surface area contributed by atoms with Gasteiger partial charge in [0.25, 0.3) is 5.91 Å². The van der Waals surface area contributed by atoms with Gasteiger partial charge in [0.05, 0.1) is 25.8 Å². The van der Waals surface area contributed by atoms with Gasteiger partial charge < -0.3 is 14.8 Å². The van der Waals surface area contributed by atoms with Crippen molar-refractivity contribution >= 4 is 29.1 Å². The topological polar surface area (TPSA) is 47.6 Å². The Balaban J connectivity index is 2.25. The number of amides is 1. The molecule has 0 aliphatic heterocycles. The minimum absolute atomic E-state index is 0.278. The smallest absolute Gasteiger partial charge is 0.255 e. The second-order valence-electron chi connectivity index (χ2n) is 4.90. The predicted octanol–water partition coefficient (Wildman–Crippen LogP) is 4.50. The summed E-state index contributed by atoms with van der Waals surface area (Å²) in [4.78, 5) is 12.5. The summed E-state index contributed by atoms with van der Waals surface area (Å²) >= 11 is 12.1. The predicted molar refractivity (Wildman–Crippen MR) is 91.9 cm³/mol. The number of carbonyl (C=O) groups is 1. The average molecular weight is 354 g/mol. The monoisotopic (exact) mass is 353 g/mol. The van der Waals surface area contributed by atoms with Gasteiger partial charge in [0.15, 0.2) is 11.5 Å². The van der Waals surface area contributed by atoms with Crippen LogP contribution >= 0.6 is 23.2 Å². The SMILES string of the molecule is COc1cccc(C(=O)N[C@H](C)c2ccc(Cl)cc2Cl)c1OC.